The van der Waals surface area contributed by atoms with Crippen LogP contribution in [0.2, 0.25) is 0 Å². The van der Waals surface area contributed by atoms with Gasteiger partial charge >= 0.3 is 0 Å². The van der Waals surface area contributed by atoms with Crippen LogP contribution in [-0.4, -0.2) is 11.5 Å². The topological polar surface area (TPSA) is 24.9 Å². The van der Waals surface area contributed by atoms with Gasteiger partial charge in [-0.25, -0.2) is 4.98 Å². The van der Waals surface area contributed by atoms with Gasteiger partial charge in [0.25, 0.3) is 0 Å². The van der Waals surface area contributed by atoms with E-state index in [9.17, 15) is 0 Å². The smallest absolute Gasteiger partial charge is 0.183 e. The monoisotopic (exact) mass is 260 g/mol. The van der Waals surface area contributed by atoms with Gasteiger partial charge in [0, 0.05) is 12.7 Å². The summed E-state index contributed by atoms with van der Waals surface area (Å²) in [6, 6.07) is 6.63. The van der Waals surface area contributed by atoms with E-state index in [0.29, 0.717) is 5.92 Å². The molecular formula is C15H20N2S. The Bertz CT molecular complexity index is 509. The number of anilines is 1. The Labute approximate surface area is 113 Å². The highest BCUT2D eigenvalue weighted by atomic mass is 32.1. The second-order valence-electron chi connectivity index (χ2n) is 5.18. The summed E-state index contributed by atoms with van der Waals surface area (Å²) in [5.41, 5.74) is 3.87. The average Bonchev–Trinajstić information content (AvgIpc) is 2.73. The fourth-order valence-corrected chi connectivity index (χ4v) is 2.71. The molecular weight excluding hydrogens is 240 g/mol. The Morgan fingerprint density at radius 2 is 1.83 bits per heavy atom. The molecule has 3 heteroatoms. The van der Waals surface area contributed by atoms with Crippen molar-refractivity contribution in [2.24, 2.45) is 5.92 Å². The van der Waals surface area contributed by atoms with Crippen LogP contribution in [0.15, 0.2) is 24.4 Å². The first-order valence-electron chi connectivity index (χ1n) is 6.33. The van der Waals surface area contributed by atoms with E-state index in [0.717, 1.165) is 11.7 Å². The summed E-state index contributed by atoms with van der Waals surface area (Å²) in [4.78, 5) is 5.66. The molecule has 1 aromatic heterocycles. The maximum absolute atomic E-state index is 4.43. The minimum Gasteiger partial charge on any atom is -0.361 e. The lowest BCUT2D eigenvalue weighted by atomic mass is 10.1. The minimum atomic E-state index is 0.638. The molecule has 1 N–H and O–H groups in total. The van der Waals surface area contributed by atoms with Gasteiger partial charge in [0.2, 0.25) is 0 Å². The predicted octanol–water partition coefficient (Wildman–Crippen LogP) is 4.49. The molecule has 0 saturated carbocycles. The number of aromatic nitrogens is 1. The van der Waals surface area contributed by atoms with Crippen molar-refractivity contribution in [3.63, 3.8) is 0 Å². The third-order valence-corrected chi connectivity index (χ3v) is 3.68. The normalized spacial score (nSPS) is 10.9. The number of thiazole rings is 1. The van der Waals surface area contributed by atoms with E-state index in [1.165, 1.54) is 21.6 Å². The molecule has 0 unspecified atom stereocenters. The first-order valence-corrected chi connectivity index (χ1v) is 7.14. The summed E-state index contributed by atoms with van der Waals surface area (Å²) in [5, 5.41) is 4.38. The van der Waals surface area contributed by atoms with Gasteiger partial charge in [0.1, 0.15) is 0 Å². The molecule has 0 aliphatic rings. The maximum Gasteiger partial charge on any atom is 0.183 e. The second kappa shape index (κ2) is 5.53. The van der Waals surface area contributed by atoms with Crippen LogP contribution in [0.25, 0.3) is 10.4 Å². The van der Waals surface area contributed by atoms with Crippen LogP contribution >= 0.6 is 11.3 Å². The quantitative estimate of drug-likeness (QED) is 0.875. The number of hydrogen-bond acceptors (Lipinski definition) is 3. The van der Waals surface area contributed by atoms with Gasteiger partial charge in [0.15, 0.2) is 5.13 Å². The number of aryl methyl sites for hydroxylation is 2. The van der Waals surface area contributed by atoms with Crippen LogP contribution in [0.1, 0.15) is 25.0 Å². The molecule has 96 valence electrons. The molecule has 0 saturated heterocycles. The van der Waals surface area contributed by atoms with Crippen LogP contribution in [0.4, 0.5) is 5.13 Å². The molecule has 0 aliphatic carbocycles. The predicted molar refractivity (Wildman–Crippen MR) is 80.4 cm³/mol. The fraction of sp³-hybridized carbons (Fsp3) is 0.400. The van der Waals surface area contributed by atoms with Gasteiger partial charge in [-0.2, -0.15) is 0 Å². The Hall–Kier alpha value is -1.35. The molecule has 0 atom stereocenters. The third kappa shape index (κ3) is 3.33. The van der Waals surface area contributed by atoms with Crippen molar-refractivity contribution in [2.75, 3.05) is 11.9 Å². The summed E-state index contributed by atoms with van der Waals surface area (Å²) in [6.07, 6.45) is 1.96. The van der Waals surface area contributed by atoms with E-state index < -0.39 is 0 Å². The highest BCUT2D eigenvalue weighted by Gasteiger charge is 2.05. The van der Waals surface area contributed by atoms with Gasteiger partial charge < -0.3 is 5.32 Å². The van der Waals surface area contributed by atoms with Crippen LogP contribution in [0, 0.1) is 19.8 Å². The van der Waals surface area contributed by atoms with E-state index in [2.05, 4.69) is 56.2 Å². The van der Waals surface area contributed by atoms with Crippen molar-refractivity contribution < 1.29 is 0 Å². The highest BCUT2D eigenvalue weighted by Crippen LogP contribution is 2.30. The molecule has 18 heavy (non-hydrogen) atoms. The van der Waals surface area contributed by atoms with Crippen molar-refractivity contribution in [3.05, 3.63) is 35.5 Å². The standard InChI is InChI=1S/C15H20N2S/c1-10(2)8-16-15-17-9-14(18-15)13-6-11(3)5-12(4)7-13/h5-7,9-10H,8H2,1-4H3,(H,16,17). The zero-order chi connectivity index (χ0) is 13.1. The summed E-state index contributed by atoms with van der Waals surface area (Å²) < 4.78 is 0. The van der Waals surface area contributed by atoms with Crippen molar-refractivity contribution >= 4 is 16.5 Å². The van der Waals surface area contributed by atoms with Crippen LogP contribution < -0.4 is 5.32 Å². The number of nitrogens with zero attached hydrogens (tertiary/aromatic N) is 1. The number of nitrogens with one attached hydrogen (secondary N) is 1. The van der Waals surface area contributed by atoms with Gasteiger partial charge in [-0.1, -0.05) is 54.5 Å². The Morgan fingerprint density at radius 1 is 1.17 bits per heavy atom. The minimum absolute atomic E-state index is 0.638. The molecule has 0 bridgehead atoms. The van der Waals surface area contributed by atoms with Crippen molar-refractivity contribution in [2.45, 2.75) is 27.7 Å². The number of hydrogen-bond donors (Lipinski definition) is 1. The summed E-state index contributed by atoms with van der Waals surface area (Å²) >= 11 is 1.72. The third-order valence-electron chi connectivity index (χ3n) is 2.67. The molecule has 1 heterocycles. The first-order chi connectivity index (χ1) is 8.54. The Kier molecular flexibility index (Phi) is 4.02. The fourth-order valence-electron chi connectivity index (χ4n) is 1.90. The average molecular weight is 260 g/mol. The molecule has 2 rings (SSSR count). The summed E-state index contributed by atoms with van der Waals surface area (Å²) in [6.45, 7) is 9.64. The number of rotatable bonds is 4. The zero-order valence-corrected chi connectivity index (χ0v) is 12.3. The molecule has 0 amide bonds. The maximum atomic E-state index is 4.43. The van der Waals surface area contributed by atoms with Crippen LogP contribution in [0.3, 0.4) is 0 Å². The van der Waals surface area contributed by atoms with Crippen LogP contribution in [-0.2, 0) is 0 Å². The second-order valence-corrected chi connectivity index (χ2v) is 6.21. The van der Waals surface area contributed by atoms with Crippen molar-refractivity contribution in [1.29, 1.82) is 0 Å². The molecule has 1 aromatic carbocycles. The largest absolute Gasteiger partial charge is 0.361 e. The summed E-state index contributed by atoms with van der Waals surface area (Å²) in [5.74, 6) is 0.638. The lowest BCUT2D eigenvalue weighted by Gasteiger charge is -2.04. The molecule has 2 nitrogen and oxygen atoms in total. The van der Waals surface area contributed by atoms with E-state index in [1.54, 1.807) is 11.3 Å². The lowest BCUT2D eigenvalue weighted by molar-refractivity contribution is 0.688. The van der Waals surface area contributed by atoms with E-state index in [4.69, 9.17) is 0 Å². The highest BCUT2D eigenvalue weighted by molar-refractivity contribution is 7.18. The number of benzene rings is 1. The molecule has 0 aliphatic heterocycles. The van der Waals surface area contributed by atoms with Gasteiger partial charge in [0.05, 0.1) is 4.88 Å². The van der Waals surface area contributed by atoms with Gasteiger partial charge in [-0.05, 0) is 25.3 Å². The molecule has 0 radical (unpaired) electrons. The van der Waals surface area contributed by atoms with E-state index >= 15 is 0 Å². The van der Waals surface area contributed by atoms with Crippen molar-refractivity contribution in [1.82, 2.24) is 4.98 Å². The first kappa shape index (κ1) is 13.1. The van der Waals surface area contributed by atoms with Crippen LogP contribution in [0.5, 0.6) is 0 Å². The van der Waals surface area contributed by atoms with E-state index in [-0.39, 0.29) is 0 Å². The Morgan fingerprint density at radius 3 is 2.44 bits per heavy atom. The summed E-state index contributed by atoms with van der Waals surface area (Å²) in [7, 11) is 0. The van der Waals surface area contributed by atoms with E-state index in [1.807, 2.05) is 6.20 Å². The van der Waals surface area contributed by atoms with Gasteiger partial charge in [-0.3, -0.25) is 0 Å². The molecule has 0 fully saturated rings. The SMILES string of the molecule is Cc1cc(C)cc(-c2cnc(NCC(C)C)s2)c1. The lowest BCUT2D eigenvalue weighted by Crippen LogP contribution is -2.07. The van der Waals surface area contributed by atoms with Crippen molar-refractivity contribution in [3.8, 4) is 10.4 Å². The zero-order valence-electron chi connectivity index (χ0n) is 11.4. The molecule has 0 spiro atoms. The Balaban J connectivity index is 2.18. The van der Waals surface area contributed by atoms with Gasteiger partial charge in [-0.15, -0.1) is 0 Å². The molecule has 2 aromatic rings.